The molecule has 6 fully saturated rings. The number of rotatable bonds is 2. The van der Waals surface area contributed by atoms with Gasteiger partial charge in [0.2, 0.25) is 0 Å². The zero-order valence-corrected chi connectivity index (χ0v) is 25.3. The molecule has 4 saturated carbocycles. The van der Waals surface area contributed by atoms with Crippen molar-refractivity contribution in [2.75, 3.05) is 0 Å². The fraction of sp³-hybridized carbons (Fsp3) is 0.969. The number of carbonyl (C=O) groups is 1. The Kier molecular flexibility index (Phi) is 5.48. The zero-order valence-electron chi connectivity index (χ0n) is 25.3. The van der Waals surface area contributed by atoms with Gasteiger partial charge in [-0.3, -0.25) is 4.79 Å². The van der Waals surface area contributed by atoms with Crippen LogP contribution in [0.3, 0.4) is 0 Å². The SMILES string of the molecule is CC(=O)O[C@@H]1CC[C@]2(C)[C@H]3C[C@@H](O)[C@H]4[C@@](C)(CC[C@@]45O[C@@]4(C(C)(C)O)CC[C@]5(C)O4)[C@]3(C)CC[C@H]2C1(C)C. The average molecular weight is 533 g/mol. The second-order valence-corrected chi connectivity index (χ2v) is 16.4. The van der Waals surface area contributed by atoms with Crippen molar-refractivity contribution in [2.45, 2.75) is 155 Å². The van der Waals surface area contributed by atoms with Gasteiger partial charge < -0.3 is 24.4 Å². The van der Waals surface area contributed by atoms with Crippen LogP contribution in [0.25, 0.3) is 0 Å². The summed E-state index contributed by atoms with van der Waals surface area (Å²) in [4.78, 5) is 11.9. The molecule has 0 aromatic heterocycles. The Labute approximate surface area is 229 Å². The largest absolute Gasteiger partial charge is 0.462 e. The lowest BCUT2D eigenvalue weighted by molar-refractivity contribution is -0.295. The lowest BCUT2D eigenvalue weighted by Gasteiger charge is -2.71. The van der Waals surface area contributed by atoms with Crippen LogP contribution in [-0.4, -0.2) is 51.0 Å². The van der Waals surface area contributed by atoms with Gasteiger partial charge in [-0.15, -0.1) is 0 Å². The highest BCUT2D eigenvalue weighted by atomic mass is 16.8. The van der Waals surface area contributed by atoms with Crippen molar-refractivity contribution in [1.82, 2.24) is 0 Å². The number of hydrogen-bond donors (Lipinski definition) is 2. The Morgan fingerprint density at radius 3 is 2.16 bits per heavy atom. The van der Waals surface area contributed by atoms with Crippen molar-refractivity contribution >= 4 is 5.97 Å². The lowest BCUT2D eigenvalue weighted by atomic mass is 9.35. The Morgan fingerprint density at radius 2 is 1.55 bits per heavy atom. The third kappa shape index (κ3) is 2.97. The lowest BCUT2D eigenvalue weighted by Crippen LogP contribution is -2.69. The molecule has 2 aliphatic heterocycles. The molecule has 2 heterocycles. The number of aliphatic hydroxyl groups is 2. The van der Waals surface area contributed by atoms with Crippen LogP contribution < -0.4 is 0 Å². The summed E-state index contributed by atoms with van der Waals surface area (Å²) in [6.07, 6.45) is 7.77. The van der Waals surface area contributed by atoms with Gasteiger partial charge in [-0.05, 0) is 100 Å². The fourth-order valence-corrected chi connectivity index (χ4v) is 12.1. The fourth-order valence-electron chi connectivity index (χ4n) is 12.1. The highest BCUT2D eigenvalue weighted by molar-refractivity contribution is 5.66. The summed E-state index contributed by atoms with van der Waals surface area (Å²) in [5.41, 5.74) is -2.29. The summed E-state index contributed by atoms with van der Waals surface area (Å²) in [7, 11) is 0. The summed E-state index contributed by atoms with van der Waals surface area (Å²) in [5.74, 6) is -0.401. The van der Waals surface area contributed by atoms with Crippen molar-refractivity contribution in [3.63, 3.8) is 0 Å². The van der Waals surface area contributed by atoms with Gasteiger partial charge in [0.25, 0.3) is 0 Å². The van der Waals surface area contributed by atoms with Crippen molar-refractivity contribution in [1.29, 1.82) is 0 Å². The molecule has 2 N–H and O–H groups in total. The van der Waals surface area contributed by atoms with Crippen molar-refractivity contribution in [2.24, 2.45) is 39.4 Å². The Morgan fingerprint density at radius 1 is 0.868 bits per heavy atom. The van der Waals surface area contributed by atoms with E-state index in [0.717, 1.165) is 51.4 Å². The van der Waals surface area contributed by atoms with Crippen molar-refractivity contribution in [3.05, 3.63) is 0 Å². The predicted molar refractivity (Wildman–Crippen MR) is 144 cm³/mol. The second kappa shape index (κ2) is 7.57. The maximum atomic E-state index is 12.2. The molecule has 0 aromatic carbocycles. The maximum absolute atomic E-state index is 12.2. The molecular weight excluding hydrogens is 480 g/mol. The minimum absolute atomic E-state index is 0.0312. The van der Waals surface area contributed by atoms with Crippen LogP contribution in [0.1, 0.15) is 120 Å². The van der Waals surface area contributed by atoms with Gasteiger partial charge in [-0.1, -0.05) is 34.6 Å². The van der Waals surface area contributed by atoms with E-state index in [1.165, 1.54) is 6.92 Å². The molecule has 216 valence electrons. The van der Waals surface area contributed by atoms with Gasteiger partial charge in [0.15, 0.2) is 5.79 Å². The number of hydrogen-bond acceptors (Lipinski definition) is 6. The van der Waals surface area contributed by atoms with Crippen LogP contribution in [0.5, 0.6) is 0 Å². The van der Waals surface area contributed by atoms with Crippen LogP contribution in [0.4, 0.5) is 0 Å². The van der Waals surface area contributed by atoms with E-state index in [-0.39, 0.29) is 39.7 Å². The van der Waals surface area contributed by atoms with E-state index < -0.39 is 28.7 Å². The topological polar surface area (TPSA) is 85.2 Å². The molecule has 6 aliphatic rings. The monoisotopic (exact) mass is 532 g/mol. The van der Waals surface area contributed by atoms with E-state index in [0.29, 0.717) is 18.3 Å². The molecule has 2 bridgehead atoms. The van der Waals surface area contributed by atoms with Crippen LogP contribution in [0.2, 0.25) is 0 Å². The van der Waals surface area contributed by atoms with Gasteiger partial charge in [0.1, 0.15) is 17.3 Å². The highest BCUT2D eigenvalue weighted by Crippen LogP contribution is 2.79. The Bertz CT molecular complexity index is 1030. The van der Waals surface area contributed by atoms with Crippen molar-refractivity contribution < 1.29 is 29.2 Å². The first-order valence-electron chi connectivity index (χ1n) is 15.3. The molecule has 0 amide bonds. The van der Waals surface area contributed by atoms with Crippen LogP contribution in [-0.2, 0) is 19.0 Å². The third-order valence-corrected chi connectivity index (χ3v) is 14.2. The molecule has 2 saturated heterocycles. The Hall–Kier alpha value is -0.690. The minimum Gasteiger partial charge on any atom is -0.462 e. The number of carbonyl (C=O) groups excluding carboxylic acids is 1. The molecule has 6 nitrogen and oxygen atoms in total. The van der Waals surface area contributed by atoms with Gasteiger partial charge in [0.05, 0.1) is 11.7 Å². The number of ether oxygens (including phenoxy) is 3. The minimum atomic E-state index is -1.11. The first kappa shape index (κ1) is 27.5. The standard InChI is InChI=1S/C32H52O6/c1-19(33)36-23-11-12-27(6)21(25(23,2)3)10-13-28(7)22(27)18-20(34)24-29(28,8)14-16-31(24)30(9)15-17-32(37-30,38-31)26(4,5)35/h20-24,34-35H,10-18H2,1-9H3/t20-,21+,22-,23-,24+,27+,28-,29-,30+,31-,32-/m1/s1. The van der Waals surface area contributed by atoms with E-state index in [9.17, 15) is 15.0 Å². The normalized spacial score (nSPS) is 56.9. The van der Waals surface area contributed by atoms with E-state index in [4.69, 9.17) is 14.2 Å². The summed E-state index contributed by atoms with van der Waals surface area (Å²) in [5, 5.41) is 23.4. The third-order valence-electron chi connectivity index (χ3n) is 14.2. The van der Waals surface area contributed by atoms with E-state index in [1.54, 1.807) is 13.8 Å². The first-order chi connectivity index (χ1) is 17.3. The molecular formula is C32H52O6. The molecule has 0 aromatic rings. The summed E-state index contributed by atoms with van der Waals surface area (Å²) >= 11 is 0. The van der Waals surface area contributed by atoms with E-state index >= 15 is 0 Å². The van der Waals surface area contributed by atoms with Gasteiger partial charge in [-0.2, -0.15) is 0 Å². The van der Waals surface area contributed by atoms with Crippen LogP contribution >= 0.6 is 0 Å². The molecule has 38 heavy (non-hydrogen) atoms. The van der Waals surface area contributed by atoms with E-state index in [2.05, 4.69) is 41.5 Å². The van der Waals surface area contributed by atoms with Crippen LogP contribution in [0.15, 0.2) is 0 Å². The first-order valence-corrected chi connectivity index (χ1v) is 15.3. The second-order valence-electron chi connectivity index (χ2n) is 16.4. The number of fused-ring (bicyclic) bond motifs is 9. The predicted octanol–water partition coefficient (Wildman–Crippen LogP) is 5.76. The van der Waals surface area contributed by atoms with Crippen molar-refractivity contribution in [3.8, 4) is 0 Å². The summed E-state index contributed by atoms with van der Waals surface area (Å²) in [6, 6.07) is 0. The molecule has 11 atom stereocenters. The molecule has 4 aliphatic carbocycles. The maximum Gasteiger partial charge on any atom is 0.302 e. The number of esters is 1. The van der Waals surface area contributed by atoms with Gasteiger partial charge >= 0.3 is 5.97 Å². The summed E-state index contributed by atoms with van der Waals surface area (Å²) in [6.45, 7) is 19.4. The average Bonchev–Trinajstić information content (AvgIpc) is 3.39. The van der Waals surface area contributed by atoms with Gasteiger partial charge in [0, 0.05) is 24.7 Å². The smallest absolute Gasteiger partial charge is 0.302 e. The zero-order chi connectivity index (χ0) is 27.9. The quantitative estimate of drug-likeness (QED) is 0.440. The molecule has 0 unspecified atom stereocenters. The van der Waals surface area contributed by atoms with Gasteiger partial charge in [-0.25, -0.2) is 0 Å². The van der Waals surface area contributed by atoms with E-state index in [1.807, 2.05) is 0 Å². The molecule has 6 rings (SSSR count). The number of aliphatic hydroxyl groups excluding tert-OH is 1. The molecule has 1 spiro atoms. The van der Waals surface area contributed by atoms with Crippen LogP contribution in [0, 0.1) is 39.4 Å². The summed E-state index contributed by atoms with van der Waals surface area (Å²) < 4.78 is 19.6. The Balaban J connectivity index is 1.38. The molecule has 6 heteroatoms. The highest BCUT2D eigenvalue weighted by Gasteiger charge is 2.82. The molecule has 0 radical (unpaired) electrons.